The van der Waals surface area contributed by atoms with Gasteiger partial charge in [-0.05, 0) is 13.8 Å². The average molecular weight is 294 g/mol. The Hall–Kier alpha value is -0.700. The van der Waals surface area contributed by atoms with Gasteiger partial charge in [0.25, 0.3) is 10.2 Å². The third-order valence-corrected chi connectivity index (χ3v) is 4.89. The van der Waals surface area contributed by atoms with Crippen LogP contribution in [-0.4, -0.2) is 69.0 Å². The Bertz CT molecular complexity index is 401. The van der Waals surface area contributed by atoms with Crippen molar-refractivity contribution < 1.29 is 22.7 Å². The lowest BCUT2D eigenvalue weighted by Gasteiger charge is -2.36. The molecule has 0 saturated carbocycles. The van der Waals surface area contributed by atoms with Gasteiger partial charge < -0.3 is 9.47 Å². The smallest absolute Gasteiger partial charge is 0.306 e. The van der Waals surface area contributed by atoms with E-state index >= 15 is 0 Å². The summed E-state index contributed by atoms with van der Waals surface area (Å²) in [5.41, 5.74) is 0. The SMILES string of the molecule is COC(=O)CCN(C)S(=O)(=O)N1CC(C)OC(C)C1. The topological polar surface area (TPSA) is 76.2 Å². The molecule has 0 aliphatic carbocycles. The van der Waals surface area contributed by atoms with Crippen LogP contribution >= 0.6 is 0 Å². The molecule has 0 amide bonds. The molecule has 1 heterocycles. The molecule has 0 aromatic rings. The van der Waals surface area contributed by atoms with Gasteiger partial charge in [-0.3, -0.25) is 4.79 Å². The Morgan fingerprint density at radius 2 is 1.89 bits per heavy atom. The normalized spacial score (nSPS) is 25.5. The van der Waals surface area contributed by atoms with Crippen LogP contribution in [0.4, 0.5) is 0 Å². The van der Waals surface area contributed by atoms with Gasteiger partial charge in [-0.1, -0.05) is 0 Å². The second-order valence-corrected chi connectivity index (χ2v) is 6.77. The van der Waals surface area contributed by atoms with E-state index in [1.54, 1.807) is 0 Å². The zero-order valence-electron chi connectivity index (χ0n) is 11.8. The van der Waals surface area contributed by atoms with Crippen molar-refractivity contribution in [3.8, 4) is 0 Å². The van der Waals surface area contributed by atoms with Crippen molar-refractivity contribution in [2.24, 2.45) is 0 Å². The van der Waals surface area contributed by atoms with E-state index in [4.69, 9.17) is 4.74 Å². The zero-order chi connectivity index (χ0) is 14.6. The molecule has 1 fully saturated rings. The van der Waals surface area contributed by atoms with Crippen LogP contribution in [0, 0.1) is 0 Å². The summed E-state index contributed by atoms with van der Waals surface area (Å²) in [6.07, 6.45) is -0.220. The minimum absolute atomic E-state index is 0.0433. The first-order valence-corrected chi connectivity index (χ1v) is 7.60. The molecule has 19 heavy (non-hydrogen) atoms. The fraction of sp³-hybridized carbons (Fsp3) is 0.909. The van der Waals surface area contributed by atoms with Gasteiger partial charge in [-0.15, -0.1) is 0 Å². The number of carbonyl (C=O) groups is 1. The van der Waals surface area contributed by atoms with Gasteiger partial charge in [0, 0.05) is 26.7 Å². The number of hydrogen-bond acceptors (Lipinski definition) is 5. The average Bonchev–Trinajstić information content (AvgIpc) is 2.34. The summed E-state index contributed by atoms with van der Waals surface area (Å²) in [5.74, 6) is -0.425. The molecule has 7 nitrogen and oxygen atoms in total. The number of methoxy groups -OCH3 is 1. The number of hydrogen-bond donors (Lipinski definition) is 0. The quantitative estimate of drug-likeness (QED) is 0.658. The van der Waals surface area contributed by atoms with Crippen LogP contribution in [0.2, 0.25) is 0 Å². The number of ether oxygens (including phenoxy) is 2. The highest BCUT2D eigenvalue weighted by Gasteiger charge is 2.33. The van der Waals surface area contributed by atoms with E-state index in [0.717, 1.165) is 0 Å². The maximum absolute atomic E-state index is 12.3. The lowest BCUT2D eigenvalue weighted by molar-refractivity contribution is -0.140. The molecule has 0 spiro atoms. The van der Waals surface area contributed by atoms with E-state index in [1.165, 1.54) is 22.8 Å². The summed E-state index contributed by atoms with van der Waals surface area (Å²) in [6.45, 7) is 4.44. The Balaban J connectivity index is 2.65. The predicted molar refractivity (Wildman–Crippen MR) is 69.8 cm³/mol. The number of nitrogens with zero attached hydrogens (tertiary/aromatic N) is 2. The Kier molecular flexibility index (Phi) is 5.72. The van der Waals surface area contributed by atoms with Gasteiger partial charge in [-0.2, -0.15) is 17.0 Å². The molecule has 2 unspecified atom stereocenters. The first-order chi connectivity index (χ1) is 8.77. The van der Waals surface area contributed by atoms with E-state index in [-0.39, 0.29) is 25.2 Å². The van der Waals surface area contributed by atoms with E-state index in [9.17, 15) is 13.2 Å². The number of esters is 1. The molecule has 0 bridgehead atoms. The molecule has 1 aliphatic rings. The van der Waals surface area contributed by atoms with Crippen LogP contribution < -0.4 is 0 Å². The van der Waals surface area contributed by atoms with Crippen LogP contribution in [0.5, 0.6) is 0 Å². The predicted octanol–water partition coefficient (Wildman–Crippen LogP) is -0.165. The van der Waals surface area contributed by atoms with Gasteiger partial charge in [0.2, 0.25) is 0 Å². The van der Waals surface area contributed by atoms with Gasteiger partial charge in [-0.25, -0.2) is 0 Å². The monoisotopic (exact) mass is 294 g/mol. The second-order valence-electron chi connectivity index (χ2n) is 4.73. The molecular formula is C11H22N2O5S. The van der Waals surface area contributed by atoms with Crippen molar-refractivity contribution in [2.45, 2.75) is 32.5 Å². The highest BCUT2D eigenvalue weighted by Crippen LogP contribution is 2.16. The molecule has 8 heteroatoms. The molecule has 2 atom stereocenters. The maximum Gasteiger partial charge on any atom is 0.306 e. The summed E-state index contributed by atoms with van der Waals surface area (Å²) < 4.78 is 37.2. The summed E-state index contributed by atoms with van der Waals surface area (Å²) in [7, 11) is -0.812. The molecule has 1 saturated heterocycles. The number of carbonyl (C=O) groups excluding carboxylic acids is 1. The fourth-order valence-corrected chi connectivity index (χ4v) is 3.50. The van der Waals surface area contributed by atoms with Crippen molar-refractivity contribution in [1.82, 2.24) is 8.61 Å². The molecule has 0 aromatic carbocycles. The first-order valence-electron chi connectivity index (χ1n) is 6.21. The molecule has 0 N–H and O–H groups in total. The van der Waals surface area contributed by atoms with Crippen LogP contribution in [-0.2, 0) is 24.5 Å². The van der Waals surface area contributed by atoms with Gasteiger partial charge >= 0.3 is 5.97 Å². The van der Waals surface area contributed by atoms with Crippen LogP contribution in [0.1, 0.15) is 20.3 Å². The van der Waals surface area contributed by atoms with E-state index in [2.05, 4.69) is 4.74 Å². The van der Waals surface area contributed by atoms with Crippen molar-refractivity contribution in [2.75, 3.05) is 33.8 Å². The van der Waals surface area contributed by atoms with Crippen molar-refractivity contribution >= 4 is 16.2 Å². The summed E-state index contributed by atoms with van der Waals surface area (Å²) in [4.78, 5) is 11.0. The second kappa shape index (κ2) is 6.65. The highest BCUT2D eigenvalue weighted by molar-refractivity contribution is 7.86. The molecule has 112 valence electrons. The molecule has 0 radical (unpaired) electrons. The van der Waals surface area contributed by atoms with E-state index in [0.29, 0.717) is 13.1 Å². The third kappa shape index (κ3) is 4.41. The Morgan fingerprint density at radius 1 is 1.37 bits per heavy atom. The zero-order valence-corrected chi connectivity index (χ0v) is 12.6. The summed E-state index contributed by atoms with van der Waals surface area (Å²) in [6, 6.07) is 0. The fourth-order valence-electron chi connectivity index (χ4n) is 1.98. The minimum Gasteiger partial charge on any atom is -0.469 e. The van der Waals surface area contributed by atoms with Crippen LogP contribution in [0.3, 0.4) is 0 Å². The van der Waals surface area contributed by atoms with E-state index in [1.807, 2.05) is 13.8 Å². The summed E-state index contributed by atoms with van der Waals surface area (Å²) in [5, 5.41) is 0. The molecule has 1 rings (SSSR count). The maximum atomic E-state index is 12.3. The lowest BCUT2D eigenvalue weighted by Crippen LogP contribution is -2.52. The highest BCUT2D eigenvalue weighted by atomic mass is 32.2. The Labute approximate surface area is 114 Å². The van der Waals surface area contributed by atoms with Crippen molar-refractivity contribution in [1.29, 1.82) is 0 Å². The first kappa shape index (κ1) is 16.4. The Morgan fingerprint density at radius 3 is 2.37 bits per heavy atom. The van der Waals surface area contributed by atoms with Crippen LogP contribution in [0.15, 0.2) is 0 Å². The van der Waals surface area contributed by atoms with Gasteiger partial charge in [0.05, 0.1) is 25.7 Å². The van der Waals surface area contributed by atoms with Crippen molar-refractivity contribution in [3.05, 3.63) is 0 Å². The van der Waals surface area contributed by atoms with E-state index < -0.39 is 16.2 Å². The van der Waals surface area contributed by atoms with Crippen LogP contribution in [0.25, 0.3) is 0 Å². The number of morpholine rings is 1. The molecule has 1 aliphatic heterocycles. The summed E-state index contributed by atoms with van der Waals surface area (Å²) >= 11 is 0. The lowest BCUT2D eigenvalue weighted by atomic mass is 10.3. The number of rotatable bonds is 5. The third-order valence-electron chi connectivity index (χ3n) is 2.96. The largest absolute Gasteiger partial charge is 0.469 e. The van der Waals surface area contributed by atoms with Crippen molar-refractivity contribution in [3.63, 3.8) is 0 Å². The standard InChI is InChI=1S/C11H22N2O5S/c1-9-7-13(8-10(2)18-9)19(15,16)12(3)6-5-11(14)17-4/h9-10H,5-8H2,1-4H3. The van der Waals surface area contributed by atoms with Gasteiger partial charge in [0.1, 0.15) is 0 Å². The minimum atomic E-state index is -3.55. The molecular weight excluding hydrogens is 272 g/mol. The molecule has 0 aromatic heterocycles. The van der Waals surface area contributed by atoms with Gasteiger partial charge in [0.15, 0.2) is 0 Å².